The zero-order valence-corrected chi connectivity index (χ0v) is 17.3. The van der Waals surface area contributed by atoms with Crippen molar-refractivity contribution in [2.75, 3.05) is 5.32 Å². The minimum atomic E-state index is -0.853. The molecule has 0 spiro atoms. The molecule has 3 aromatic rings. The lowest BCUT2D eigenvalue weighted by Crippen LogP contribution is -2.26. The number of hydrogen-bond donors (Lipinski definition) is 2. The number of rotatable bonds is 5. The summed E-state index contributed by atoms with van der Waals surface area (Å²) in [6.07, 6.45) is 8.12. The van der Waals surface area contributed by atoms with Crippen LogP contribution in [0.15, 0.2) is 42.6 Å². The highest BCUT2D eigenvalue weighted by Crippen LogP contribution is 2.42. The van der Waals surface area contributed by atoms with Crippen LogP contribution in [0, 0.1) is 0 Å². The minimum absolute atomic E-state index is 0.243. The Balaban J connectivity index is 1.52. The quantitative estimate of drug-likeness (QED) is 0.591. The van der Waals surface area contributed by atoms with Crippen molar-refractivity contribution >= 4 is 22.3 Å². The lowest BCUT2D eigenvalue weighted by atomic mass is 9.88. The average Bonchev–Trinajstić information content (AvgIpc) is 3.10. The number of pyridine rings is 1. The third-order valence-corrected chi connectivity index (χ3v) is 6.86. The first kappa shape index (κ1) is 18.6. The van der Waals surface area contributed by atoms with Gasteiger partial charge < -0.3 is 15.2 Å². The summed E-state index contributed by atoms with van der Waals surface area (Å²) in [5, 5.41) is 14.8. The van der Waals surface area contributed by atoms with Crippen LogP contribution in [0.25, 0.3) is 11.1 Å². The van der Waals surface area contributed by atoms with Gasteiger partial charge in [0, 0.05) is 16.6 Å². The van der Waals surface area contributed by atoms with Gasteiger partial charge in [-0.2, -0.15) is 0 Å². The summed E-state index contributed by atoms with van der Waals surface area (Å²) in [7, 11) is 0. The Morgan fingerprint density at radius 2 is 2.00 bits per heavy atom. The Labute approximate surface area is 174 Å². The molecule has 2 aromatic heterocycles. The number of aromatic nitrogens is 2. The van der Waals surface area contributed by atoms with Gasteiger partial charge in [-0.3, -0.25) is 0 Å². The van der Waals surface area contributed by atoms with Crippen LogP contribution in [0.2, 0.25) is 0 Å². The van der Waals surface area contributed by atoms with E-state index in [4.69, 9.17) is 9.72 Å². The maximum atomic E-state index is 10.7. The number of ether oxygens (including phenoxy) is 1. The molecule has 2 N–H and O–H groups in total. The topological polar surface area (TPSA) is 67.3 Å². The van der Waals surface area contributed by atoms with Crippen molar-refractivity contribution in [1.82, 2.24) is 9.97 Å². The Bertz CT molecular complexity index is 1010. The molecule has 29 heavy (non-hydrogen) atoms. The molecule has 6 heteroatoms. The molecule has 5 nitrogen and oxygen atoms in total. The summed E-state index contributed by atoms with van der Waals surface area (Å²) in [5.74, 6) is 1.47. The number of thiazole rings is 1. The fourth-order valence-electron chi connectivity index (χ4n) is 3.97. The number of aryl methyl sites for hydroxylation is 1. The number of nitrogens with one attached hydrogen (secondary N) is 1. The van der Waals surface area contributed by atoms with E-state index in [9.17, 15) is 5.11 Å². The maximum absolute atomic E-state index is 10.7. The van der Waals surface area contributed by atoms with Gasteiger partial charge in [0.25, 0.3) is 0 Å². The molecule has 0 radical (unpaired) electrons. The molecule has 0 aliphatic heterocycles. The highest BCUT2D eigenvalue weighted by Gasteiger charge is 2.33. The lowest BCUT2D eigenvalue weighted by Gasteiger charge is -2.28. The number of anilines is 2. The van der Waals surface area contributed by atoms with Crippen LogP contribution in [-0.4, -0.2) is 21.2 Å². The molecule has 0 saturated heterocycles. The number of aliphatic hydroxyl groups is 1. The van der Waals surface area contributed by atoms with Gasteiger partial charge in [-0.15, -0.1) is 11.3 Å². The number of hydrogen-bond acceptors (Lipinski definition) is 6. The fourth-order valence-corrected chi connectivity index (χ4v) is 5.09. The van der Waals surface area contributed by atoms with Crippen LogP contribution in [-0.2, 0) is 12.0 Å². The molecule has 150 valence electrons. The smallest absolute Gasteiger partial charge is 0.189 e. The van der Waals surface area contributed by atoms with E-state index in [2.05, 4.69) is 22.4 Å². The Hall–Kier alpha value is -2.44. The Morgan fingerprint density at radius 1 is 1.17 bits per heavy atom. The predicted octanol–water partition coefficient (Wildman–Crippen LogP) is 5.42. The first-order chi connectivity index (χ1) is 14.1. The first-order valence-corrected chi connectivity index (χ1v) is 11.1. The Kier molecular flexibility index (Phi) is 4.76. The largest absolute Gasteiger partial charge is 0.486 e. The van der Waals surface area contributed by atoms with E-state index < -0.39 is 5.60 Å². The van der Waals surface area contributed by atoms with E-state index in [-0.39, 0.29) is 6.10 Å². The second kappa shape index (κ2) is 7.43. The van der Waals surface area contributed by atoms with Gasteiger partial charge >= 0.3 is 0 Å². The van der Waals surface area contributed by atoms with Crippen molar-refractivity contribution < 1.29 is 9.84 Å². The molecular formula is C23H25N3O2S. The Morgan fingerprint density at radius 3 is 2.72 bits per heavy atom. The van der Waals surface area contributed by atoms with Gasteiger partial charge in [0.15, 0.2) is 16.7 Å². The zero-order valence-electron chi connectivity index (χ0n) is 16.5. The van der Waals surface area contributed by atoms with Crippen molar-refractivity contribution in [2.24, 2.45) is 0 Å². The summed E-state index contributed by atoms with van der Waals surface area (Å²) >= 11 is 1.60. The second-order valence-corrected chi connectivity index (χ2v) is 9.20. The average molecular weight is 408 g/mol. The third-order valence-electron chi connectivity index (χ3n) is 5.83. The van der Waals surface area contributed by atoms with Crippen molar-refractivity contribution in [3.63, 3.8) is 0 Å². The summed E-state index contributed by atoms with van der Waals surface area (Å²) in [5.41, 5.74) is 2.09. The molecule has 1 saturated carbocycles. The van der Waals surface area contributed by atoms with Crippen molar-refractivity contribution in [2.45, 2.75) is 57.2 Å². The SMILES string of the molecule is CC1(O)CCCc2sc(Nc3nccc(-c4ccccc4)c3OC3CCC3)nc21. The van der Waals surface area contributed by atoms with E-state index in [1.54, 1.807) is 11.3 Å². The van der Waals surface area contributed by atoms with Gasteiger partial charge in [-0.1, -0.05) is 30.3 Å². The highest BCUT2D eigenvalue weighted by molar-refractivity contribution is 7.15. The molecule has 1 aromatic carbocycles. The van der Waals surface area contributed by atoms with Crippen LogP contribution in [0.1, 0.15) is 49.6 Å². The van der Waals surface area contributed by atoms with E-state index in [0.717, 1.165) is 64.7 Å². The lowest BCUT2D eigenvalue weighted by molar-refractivity contribution is 0.0352. The highest BCUT2D eigenvalue weighted by atomic mass is 32.1. The standard InChI is InChI=1S/C23H25N3O2S/c1-23(27)13-6-11-18-20(23)25-22(29-18)26-21-19(28-16-9-5-10-16)17(12-14-24-21)15-7-3-2-4-8-15/h2-4,7-8,12,14,16,27H,5-6,9-11,13H2,1H3,(H,24,25,26). The second-order valence-electron chi connectivity index (χ2n) is 8.12. The molecule has 2 heterocycles. The van der Waals surface area contributed by atoms with Crippen molar-refractivity contribution in [3.05, 3.63) is 53.2 Å². The molecule has 1 unspecified atom stereocenters. The summed E-state index contributed by atoms with van der Waals surface area (Å²) in [6.45, 7) is 1.86. The number of fused-ring (bicyclic) bond motifs is 1. The maximum Gasteiger partial charge on any atom is 0.189 e. The van der Waals surface area contributed by atoms with Crippen molar-refractivity contribution in [3.8, 4) is 16.9 Å². The van der Waals surface area contributed by atoms with E-state index in [0.29, 0.717) is 5.82 Å². The van der Waals surface area contributed by atoms with Gasteiger partial charge in [-0.05, 0) is 57.1 Å². The van der Waals surface area contributed by atoms with Gasteiger partial charge in [-0.25, -0.2) is 9.97 Å². The molecule has 1 atom stereocenters. The summed E-state index contributed by atoms with van der Waals surface area (Å²) in [6, 6.07) is 12.3. The normalized spacial score (nSPS) is 21.3. The van der Waals surface area contributed by atoms with Gasteiger partial charge in [0.1, 0.15) is 5.60 Å². The summed E-state index contributed by atoms with van der Waals surface area (Å²) < 4.78 is 6.38. The van der Waals surface area contributed by atoms with Crippen LogP contribution in [0.5, 0.6) is 5.75 Å². The molecule has 1 fully saturated rings. The molecule has 2 aliphatic carbocycles. The predicted molar refractivity (Wildman–Crippen MR) is 116 cm³/mol. The van der Waals surface area contributed by atoms with Crippen LogP contribution in [0.3, 0.4) is 0 Å². The van der Waals surface area contributed by atoms with Crippen LogP contribution < -0.4 is 10.1 Å². The van der Waals surface area contributed by atoms with E-state index >= 15 is 0 Å². The minimum Gasteiger partial charge on any atom is -0.486 e. The monoisotopic (exact) mass is 407 g/mol. The van der Waals surface area contributed by atoms with E-state index in [1.807, 2.05) is 37.4 Å². The van der Waals surface area contributed by atoms with Gasteiger partial charge in [0.05, 0.1) is 11.8 Å². The molecule has 2 aliphatic rings. The third kappa shape index (κ3) is 3.63. The summed E-state index contributed by atoms with van der Waals surface area (Å²) in [4.78, 5) is 10.5. The zero-order chi connectivity index (χ0) is 19.8. The van der Waals surface area contributed by atoms with Gasteiger partial charge in [0.2, 0.25) is 0 Å². The molecule has 0 amide bonds. The van der Waals surface area contributed by atoms with Crippen LogP contribution >= 0.6 is 11.3 Å². The fraction of sp³-hybridized carbons (Fsp3) is 0.391. The molecular weight excluding hydrogens is 382 g/mol. The first-order valence-electron chi connectivity index (χ1n) is 10.3. The van der Waals surface area contributed by atoms with Crippen LogP contribution in [0.4, 0.5) is 10.9 Å². The number of nitrogens with zero attached hydrogens (tertiary/aromatic N) is 2. The van der Waals surface area contributed by atoms with Crippen molar-refractivity contribution in [1.29, 1.82) is 0 Å². The molecule has 0 bridgehead atoms. The molecule has 5 rings (SSSR count). The van der Waals surface area contributed by atoms with E-state index in [1.165, 1.54) is 6.42 Å². The number of benzene rings is 1.